The van der Waals surface area contributed by atoms with Gasteiger partial charge in [-0.25, -0.2) is 4.39 Å². The molecule has 2 amide bonds. The van der Waals surface area contributed by atoms with Crippen molar-refractivity contribution in [3.05, 3.63) is 40.1 Å². The van der Waals surface area contributed by atoms with Crippen LogP contribution in [0.2, 0.25) is 0 Å². The Morgan fingerprint density at radius 1 is 1.19 bits per heavy atom. The summed E-state index contributed by atoms with van der Waals surface area (Å²) in [7, 11) is 0. The standard InChI is InChI=1S/C18H22FN5O2S/c1-12-4-2-3-10-24(12)11-9-20-15(25)17-22-23-18(27-17)16(26)21-14-7-5-13(19)6-8-14/h5-8,12H,2-4,9-11H2,1H3,(H,20,25)(H,21,26)/t12-/m0/s1. The molecule has 0 aliphatic carbocycles. The molecule has 1 fully saturated rings. The van der Waals surface area contributed by atoms with Crippen molar-refractivity contribution in [3.63, 3.8) is 0 Å². The minimum atomic E-state index is -0.486. The number of carbonyl (C=O) groups is 2. The lowest BCUT2D eigenvalue weighted by Gasteiger charge is -2.33. The van der Waals surface area contributed by atoms with Crippen molar-refractivity contribution in [2.24, 2.45) is 0 Å². The number of nitrogens with zero attached hydrogens (tertiary/aromatic N) is 3. The molecule has 144 valence electrons. The zero-order valence-electron chi connectivity index (χ0n) is 15.1. The van der Waals surface area contributed by atoms with Crippen LogP contribution in [0.25, 0.3) is 0 Å². The number of anilines is 1. The molecule has 0 spiro atoms. The quantitative estimate of drug-likeness (QED) is 0.790. The van der Waals surface area contributed by atoms with Gasteiger partial charge in [0.25, 0.3) is 11.8 Å². The summed E-state index contributed by atoms with van der Waals surface area (Å²) in [6.07, 6.45) is 3.65. The number of nitrogens with one attached hydrogen (secondary N) is 2. The van der Waals surface area contributed by atoms with Crippen molar-refractivity contribution in [1.82, 2.24) is 20.4 Å². The maximum Gasteiger partial charge on any atom is 0.286 e. The fourth-order valence-electron chi connectivity index (χ4n) is 3.00. The van der Waals surface area contributed by atoms with Gasteiger partial charge in [-0.05, 0) is 50.6 Å². The van der Waals surface area contributed by atoms with Gasteiger partial charge in [-0.3, -0.25) is 14.5 Å². The van der Waals surface area contributed by atoms with Gasteiger partial charge in [0.1, 0.15) is 5.82 Å². The third kappa shape index (κ3) is 5.30. The van der Waals surface area contributed by atoms with E-state index in [-0.39, 0.29) is 21.7 Å². The van der Waals surface area contributed by atoms with Gasteiger partial charge < -0.3 is 10.6 Å². The van der Waals surface area contributed by atoms with E-state index in [1.165, 1.54) is 43.5 Å². The Balaban J connectivity index is 1.49. The van der Waals surface area contributed by atoms with Crippen LogP contribution in [0.4, 0.5) is 10.1 Å². The topological polar surface area (TPSA) is 87.2 Å². The first kappa shape index (κ1) is 19.4. The predicted octanol–water partition coefficient (Wildman–Crippen LogP) is 2.53. The molecule has 0 bridgehead atoms. The highest BCUT2D eigenvalue weighted by Crippen LogP contribution is 2.16. The molecule has 1 aromatic carbocycles. The molecule has 27 heavy (non-hydrogen) atoms. The lowest BCUT2D eigenvalue weighted by Crippen LogP contribution is -2.42. The van der Waals surface area contributed by atoms with Crippen molar-refractivity contribution in [2.45, 2.75) is 32.2 Å². The average molecular weight is 391 g/mol. The summed E-state index contributed by atoms with van der Waals surface area (Å²) in [6.45, 7) is 4.59. The Morgan fingerprint density at radius 2 is 1.89 bits per heavy atom. The van der Waals surface area contributed by atoms with Crippen LogP contribution in [0.5, 0.6) is 0 Å². The second-order valence-corrected chi connectivity index (χ2v) is 7.49. The van der Waals surface area contributed by atoms with Crippen LogP contribution >= 0.6 is 11.3 Å². The van der Waals surface area contributed by atoms with E-state index in [0.717, 1.165) is 24.4 Å². The summed E-state index contributed by atoms with van der Waals surface area (Å²) in [5.41, 5.74) is 0.443. The third-order valence-corrected chi connectivity index (χ3v) is 5.46. The summed E-state index contributed by atoms with van der Waals surface area (Å²) < 4.78 is 12.9. The number of piperidine rings is 1. The molecule has 3 rings (SSSR count). The van der Waals surface area contributed by atoms with Gasteiger partial charge >= 0.3 is 0 Å². The number of halogens is 1. The van der Waals surface area contributed by atoms with E-state index >= 15 is 0 Å². The fraction of sp³-hybridized carbons (Fsp3) is 0.444. The Hall–Kier alpha value is -2.39. The van der Waals surface area contributed by atoms with Gasteiger partial charge in [-0.2, -0.15) is 0 Å². The number of hydrogen-bond donors (Lipinski definition) is 2. The van der Waals surface area contributed by atoms with Crippen molar-refractivity contribution in [1.29, 1.82) is 0 Å². The maximum atomic E-state index is 12.9. The van der Waals surface area contributed by atoms with Crippen LogP contribution < -0.4 is 10.6 Å². The lowest BCUT2D eigenvalue weighted by atomic mass is 10.0. The Bertz CT molecular complexity index is 795. The van der Waals surface area contributed by atoms with Crippen molar-refractivity contribution in [2.75, 3.05) is 25.0 Å². The highest BCUT2D eigenvalue weighted by atomic mass is 32.1. The minimum Gasteiger partial charge on any atom is -0.349 e. The molecule has 7 nitrogen and oxygen atoms in total. The molecule has 2 N–H and O–H groups in total. The SMILES string of the molecule is C[C@H]1CCCCN1CCNC(=O)c1nnc(C(=O)Nc2ccc(F)cc2)s1. The normalized spacial score (nSPS) is 17.5. The highest BCUT2D eigenvalue weighted by Gasteiger charge is 2.20. The van der Waals surface area contributed by atoms with Crippen LogP contribution in [-0.2, 0) is 0 Å². The van der Waals surface area contributed by atoms with E-state index in [4.69, 9.17) is 0 Å². The molecule has 0 radical (unpaired) electrons. The molecule has 0 unspecified atom stereocenters. The largest absolute Gasteiger partial charge is 0.349 e. The molecular weight excluding hydrogens is 369 g/mol. The van der Waals surface area contributed by atoms with Crippen LogP contribution in [0.15, 0.2) is 24.3 Å². The average Bonchev–Trinajstić information content (AvgIpc) is 3.15. The second-order valence-electron chi connectivity index (χ2n) is 6.51. The Kier molecular flexibility index (Phi) is 6.46. The first-order valence-electron chi connectivity index (χ1n) is 8.95. The number of benzene rings is 1. The molecule has 2 heterocycles. The molecule has 9 heteroatoms. The van der Waals surface area contributed by atoms with Crippen LogP contribution in [0, 0.1) is 5.82 Å². The van der Waals surface area contributed by atoms with Crippen LogP contribution in [0.3, 0.4) is 0 Å². The summed E-state index contributed by atoms with van der Waals surface area (Å²) in [5.74, 6) is -1.21. The van der Waals surface area contributed by atoms with E-state index in [1.807, 2.05) is 0 Å². The molecule has 1 atom stereocenters. The van der Waals surface area contributed by atoms with Crippen LogP contribution in [0.1, 0.15) is 45.8 Å². The van der Waals surface area contributed by atoms with E-state index < -0.39 is 5.91 Å². The highest BCUT2D eigenvalue weighted by molar-refractivity contribution is 7.15. The van der Waals surface area contributed by atoms with Gasteiger partial charge in [-0.15, -0.1) is 10.2 Å². The van der Waals surface area contributed by atoms with Gasteiger partial charge in [0.05, 0.1) is 0 Å². The number of likely N-dealkylation sites (tertiary alicyclic amines) is 1. The third-order valence-electron chi connectivity index (χ3n) is 4.54. The summed E-state index contributed by atoms with van der Waals surface area (Å²) in [4.78, 5) is 26.7. The number of rotatable bonds is 6. The van der Waals surface area contributed by atoms with E-state index in [0.29, 0.717) is 18.3 Å². The molecule has 1 aliphatic rings. The molecule has 2 aromatic rings. The van der Waals surface area contributed by atoms with Gasteiger partial charge in [0.15, 0.2) is 0 Å². The zero-order chi connectivity index (χ0) is 19.2. The minimum absolute atomic E-state index is 0.0779. The van der Waals surface area contributed by atoms with E-state index in [2.05, 4.69) is 32.7 Å². The first-order valence-corrected chi connectivity index (χ1v) is 9.77. The molecule has 1 aromatic heterocycles. The molecule has 1 aliphatic heterocycles. The number of hydrogen-bond acceptors (Lipinski definition) is 6. The summed E-state index contributed by atoms with van der Waals surface area (Å²) in [6, 6.07) is 5.93. The number of aromatic nitrogens is 2. The van der Waals surface area contributed by atoms with E-state index in [9.17, 15) is 14.0 Å². The Morgan fingerprint density at radius 3 is 2.59 bits per heavy atom. The van der Waals surface area contributed by atoms with Crippen molar-refractivity contribution >= 4 is 28.8 Å². The van der Waals surface area contributed by atoms with Gasteiger partial charge in [0.2, 0.25) is 10.0 Å². The Labute approximate surface area is 161 Å². The lowest BCUT2D eigenvalue weighted by molar-refractivity contribution is 0.0936. The maximum absolute atomic E-state index is 12.9. The second kappa shape index (κ2) is 9.01. The number of carbonyl (C=O) groups excluding carboxylic acids is 2. The summed E-state index contributed by atoms with van der Waals surface area (Å²) in [5, 5.41) is 13.2. The number of amides is 2. The molecule has 1 saturated heterocycles. The smallest absolute Gasteiger partial charge is 0.286 e. The first-order chi connectivity index (χ1) is 13.0. The van der Waals surface area contributed by atoms with Crippen LogP contribution in [-0.4, -0.2) is 52.6 Å². The van der Waals surface area contributed by atoms with Crippen molar-refractivity contribution < 1.29 is 14.0 Å². The van der Waals surface area contributed by atoms with Crippen molar-refractivity contribution in [3.8, 4) is 0 Å². The van der Waals surface area contributed by atoms with Gasteiger partial charge in [-0.1, -0.05) is 17.8 Å². The zero-order valence-corrected chi connectivity index (χ0v) is 15.9. The predicted molar refractivity (Wildman–Crippen MR) is 101 cm³/mol. The monoisotopic (exact) mass is 391 g/mol. The summed E-state index contributed by atoms with van der Waals surface area (Å²) >= 11 is 0.924. The van der Waals surface area contributed by atoms with E-state index in [1.54, 1.807) is 0 Å². The fourth-order valence-corrected chi connectivity index (χ4v) is 3.66. The molecular formula is C18H22FN5O2S. The van der Waals surface area contributed by atoms with Gasteiger partial charge in [0, 0.05) is 24.8 Å². The molecule has 0 saturated carbocycles.